The van der Waals surface area contributed by atoms with Crippen molar-refractivity contribution in [2.75, 3.05) is 11.9 Å². The van der Waals surface area contributed by atoms with Gasteiger partial charge in [0.25, 0.3) is 0 Å². The smallest absolute Gasteiger partial charge is 0.335 e. The molecule has 0 aromatic heterocycles. The number of rotatable bonds is 11. The van der Waals surface area contributed by atoms with E-state index in [-0.39, 0.29) is 29.3 Å². The largest absolute Gasteiger partial charge is 0.478 e. The third-order valence-electron chi connectivity index (χ3n) is 6.73. The van der Waals surface area contributed by atoms with Crippen molar-refractivity contribution in [2.24, 2.45) is 0 Å². The summed E-state index contributed by atoms with van der Waals surface area (Å²) in [6.45, 7) is -0.0195. The Morgan fingerprint density at radius 3 is 2.07 bits per heavy atom. The van der Waals surface area contributed by atoms with Crippen LogP contribution in [0.15, 0.2) is 126 Å². The Bertz CT molecular complexity index is 1810. The van der Waals surface area contributed by atoms with E-state index in [1.54, 1.807) is 24.3 Å². The second-order valence-corrected chi connectivity index (χ2v) is 11.4. The van der Waals surface area contributed by atoms with E-state index in [0.717, 1.165) is 16.3 Å². The van der Waals surface area contributed by atoms with Gasteiger partial charge in [-0.15, -0.1) is 0 Å². The minimum atomic E-state index is -3.90. The molecule has 5 rings (SSSR count). The molecule has 42 heavy (non-hydrogen) atoms. The van der Waals surface area contributed by atoms with Gasteiger partial charge in [0.15, 0.2) is 0 Å². The van der Waals surface area contributed by atoms with Crippen molar-refractivity contribution in [3.05, 3.63) is 132 Å². The van der Waals surface area contributed by atoms with E-state index in [9.17, 15) is 18.0 Å². The Labute approximate surface area is 243 Å². The molecular formula is C33H28N2O6S. The molecule has 1 atom stereocenters. The first-order valence-corrected chi connectivity index (χ1v) is 14.7. The van der Waals surface area contributed by atoms with Gasteiger partial charge in [-0.2, -0.15) is 0 Å². The molecular weight excluding hydrogens is 552 g/mol. The summed E-state index contributed by atoms with van der Waals surface area (Å²) < 4.78 is 34.9. The van der Waals surface area contributed by atoms with E-state index >= 15 is 0 Å². The molecule has 0 saturated carbocycles. The van der Waals surface area contributed by atoms with Crippen LogP contribution in [0.3, 0.4) is 0 Å². The summed E-state index contributed by atoms with van der Waals surface area (Å²) in [6.07, 6.45) is -0.00854. The number of carbonyl (C=O) groups is 2. The van der Waals surface area contributed by atoms with E-state index < -0.39 is 21.9 Å². The predicted molar refractivity (Wildman–Crippen MR) is 161 cm³/mol. The Balaban J connectivity index is 1.32. The number of hydrogen-bond acceptors (Lipinski definition) is 5. The zero-order chi connectivity index (χ0) is 29.5. The minimum Gasteiger partial charge on any atom is -0.478 e. The maximum atomic E-state index is 13.2. The van der Waals surface area contributed by atoms with E-state index in [2.05, 4.69) is 10.0 Å². The van der Waals surface area contributed by atoms with Crippen molar-refractivity contribution in [3.8, 4) is 11.5 Å². The lowest BCUT2D eigenvalue weighted by atomic mass is 9.93. The van der Waals surface area contributed by atoms with Crippen LogP contribution >= 0.6 is 0 Å². The summed E-state index contributed by atoms with van der Waals surface area (Å²) in [5.41, 5.74) is 1.36. The molecule has 1 amide bonds. The van der Waals surface area contributed by atoms with Crippen LogP contribution in [0, 0.1) is 0 Å². The molecule has 0 spiro atoms. The Hall–Kier alpha value is -4.99. The summed E-state index contributed by atoms with van der Waals surface area (Å²) in [5, 5.41) is 13.9. The maximum absolute atomic E-state index is 13.2. The van der Waals surface area contributed by atoms with Crippen LogP contribution in [-0.4, -0.2) is 31.9 Å². The van der Waals surface area contributed by atoms with Gasteiger partial charge in [-0.05, 0) is 77.0 Å². The van der Waals surface area contributed by atoms with Crippen molar-refractivity contribution in [2.45, 2.75) is 17.2 Å². The van der Waals surface area contributed by atoms with Crippen molar-refractivity contribution < 1.29 is 27.9 Å². The average Bonchev–Trinajstić information content (AvgIpc) is 3.00. The van der Waals surface area contributed by atoms with Gasteiger partial charge in [0.2, 0.25) is 15.9 Å². The molecule has 5 aromatic carbocycles. The molecule has 0 fully saturated rings. The van der Waals surface area contributed by atoms with Crippen molar-refractivity contribution in [1.82, 2.24) is 4.72 Å². The molecule has 0 aliphatic rings. The quantitative estimate of drug-likeness (QED) is 0.166. The number of aromatic carboxylic acids is 1. The molecule has 3 N–H and O–H groups in total. The number of fused-ring (bicyclic) bond motifs is 1. The second kappa shape index (κ2) is 12.7. The molecule has 5 aromatic rings. The van der Waals surface area contributed by atoms with Gasteiger partial charge in [-0.25, -0.2) is 17.9 Å². The Morgan fingerprint density at radius 1 is 0.738 bits per heavy atom. The van der Waals surface area contributed by atoms with Gasteiger partial charge >= 0.3 is 5.97 Å². The SMILES string of the molecule is O=C(CC(CNS(=O)(=O)c1ccc(Oc2ccccc2)cc1)c1ccc2ccccc2c1)Nc1ccc(C(=O)O)cc1. The van der Waals surface area contributed by atoms with Gasteiger partial charge in [0.1, 0.15) is 11.5 Å². The molecule has 1 unspecified atom stereocenters. The lowest BCUT2D eigenvalue weighted by Gasteiger charge is -2.19. The summed E-state index contributed by atoms with van der Waals surface area (Å²) in [4.78, 5) is 24.2. The monoisotopic (exact) mass is 580 g/mol. The fourth-order valence-corrected chi connectivity index (χ4v) is 5.59. The Morgan fingerprint density at radius 2 is 1.38 bits per heavy atom. The fourth-order valence-electron chi connectivity index (χ4n) is 4.51. The number of ether oxygens (including phenoxy) is 1. The molecule has 0 radical (unpaired) electrons. The lowest BCUT2D eigenvalue weighted by molar-refractivity contribution is -0.116. The topological polar surface area (TPSA) is 122 Å². The summed E-state index contributed by atoms with van der Waals surface area (Å²) in [7, 11) is -3.90. The molecule has 0 saturated heterocycles. The summed E-state index contributed by atoms with van der Waals surface area (Å²) >= 11 is 0. The first kappa shape index (κ1) is 28.5. The molecule has 9 heteroatoms. The minimum absolute atomic E-state index is 0.00854. The van der Waals surface area contributed by atoms with Crippen LogP contribution in [0.4, 0.5) is 5.69 Å². The van der Waals surface area contributed by atoms with E-state index in [4.69, 9.17) is 9.84 Å². The van der Waals surface area contributed by atoms with Gasteiger partial charge < -0.3 is 15.2 Å². The van der Waals surface area contributed by atoms with E-state index in [0.29, 0.717) is 17.2 Å². The highest BCUT2D eigenvalue weighted by Crippen LogP contribution is 2.26. The number of anilines is 1. The van der Waals surface area contributed by atoms with Crippen LogP contribution in [0.1, 0.15) is 28.3 Å². The number of nitrogens with one attached hydrogen (secondary N) is 2. The zero-order valence-electron chi connectivity index (χ0n) is 22.4. The summed E-state index contributed by atoms with van der Waals surface area (Å²) in [5.74, 6) is -0.737. The zero-order valence-corrected chi connectivity index (χ0v) is 23.3. The fraction of sp³-hybridized carbons (Fsp3) is 0.0909. The molecule has 0 aliphatic heterocycles. The van der Waals surface area contributed by atoms with Gasteiger partial charge in [0, 0.05) is 24.6 Å². The van der Waals surface area contributed by atoms with Gasteiger partial charge in [0.05, 0.1) is 10.5 Å². The standard InChI is InChI=1S/C33H28N2O6S/c36-32(35-28-14-12-24(13-15-28)33(37)38)21-27(26-11-10-23-6-4-5-7-25(23)20-26)22-34-42(39,40)31-18-16-30(17-19-31)41-29-8-2-1-3-9-29/h1-20,27,34H,21-22H2,(H,35,36)(H,37,38). The molecule has 0 heterocycles. The lowest BCUT2D eigenvalue weighted by Crippen LogP contribution is -2.30. The Kier molecular flexibility index (Phi) is 8.61. The normalized spacial score (nSPS) is 12.0. The third-order valence-corrected chi connectivity index (χ3v) is 8.16. The van der Waals surface area contributed by atoms with Crippen molar-refractivity contribution in [3.63, 3.8) is 0 Å². The van der Waals surface area contributed by atoms with E-state index in [1.165, 1.54) is 36.4 Å². The molecule has 8 nitrogen and oxygen atoms in total. The molecule has 0 bridgehead atoms. The maximum Gasteiger partial charge on any atom is 0.335 e. The van der Waals surface area contributed by atoms with Crippen LogP contribution in [0.5, 0.6) is 11.5 Å². The number of hydrogen-bond donors (Lipinski definition) is 3. The number of sulfonamides is 1. The first-order valence-electron chi connectivity index (χ1n) is 13.2. The molecule has 0 aliphatic carbocycles. The van der Waals surface area contributed by atoms with Crippen LogP contribution in [0.2, 0.25) is 0 Å². The number of carboxylic acids is 1. The third kappa shape index (κ3) is 7.20. The number of amides is 1. The highest BCUT2D eigenvalue weighted by Gasteiger charge is 2.21. The first-order chi connectivity index (χ1) is 20.3. The van der Waals surface area contributed by atoms with Crippen LogP contribution < -0.4 is 14.8 Å². The van der Waals surface area contributed by atoms with Crippen molar-refractivity contribution >= 4 is 38.4 Å². The number of benzene rings is 5. The predicted octanol–water partition coefficient (Wildman–Crippen LogP) is 6.42. The second-order valence-electron chi connectivity index (χ2n) is 9.68. The van der Waals surface area contributed by atoms with E-state index in [1.807, 2.05) is 60.7 Å². The van der Waals surface area contributed by atoms with Crippen LogP contribution in [-0.2, 0) is 14.8 Å². The average molecular weight is 581 g/mol. The molecule has 212 valence electrons. The highest BCUT2D eigenvalue weighted by atomic mass is 32.2. The number of para-hydroxylation sites is 1. The van der Waals surface area contributed by atoms with Crippen LogP contribution in [0.25, 0.3) is 10.8 Å². The van der Waals surface area contributed by atoms with Gasteiger partial charge in [-0.1, -0.05) is 60.7 Å². The van der Waals surface area contributed by atoms with Crippen molar-refractivity contribution in [1.29, 1.82) is 0 Å². The van der Waals surface area contributed by atoms with Gasteiger partial charge in [-0.3, -0.25) is 4.79 Å². The summed E-state index contributed by atoms with van der Waals surface area (Å²) in [6, 6.07) is 34.7. The number of carboxylic acid groups (broad SMARTS) is 1. The number of carbonyl (C=O) groups excluding carboxylic acids is 1. The highest BCUT2D eigenvalue weighted by molar-refractivity contribution is 7.89.